The number of anilines is 2. The molecule has 0 atom stereocenters. The molecule has 0 bridgehead atoms. The van der Waals surface area contributed by atoms with E-state index in [1.54, 1.807) is 12.1 Å². The predicted octanol–water partition coefficient (Wildman–Crippen LogP) is 3.71. The lowest BCUT2D eigenvalue weighted by Crippen LogP contribution is -2.25. The first-order valence-electron chi connectivity index (χ1n) is 9.76. The van der Waals surface area contributed by atoms with Crippen molar-refractivity contribution in [1.29, 1.82) is 0 Å². The van der Waals surface area contributed by atoms with E-state index < -0.39 is 10.0 Å². The van der Waals surface area contributed by atoms with Crippen molar-refractivity contribution in [2.75, 3.05) is 37.4 Å². The molecule has 1 aliphatic heterocycles. The Bertz CT molecular complexity index is 1210. The Morgan fingerprint density at radius 1 is 1.13 bits per heavy atom. The van der Waals surface area contributed by atoms with Crippen LogP contribution in [0, 0.1) is 6.92 Å². The molecule has 1 aromatic heterocycles. The van der Waals surface area contributed by atoms with Gasteiger partial charge in [0.2, 0.25) is 10.0 Å². The lowest BCUT2D eigenvalue weighted by molar-refractivity contribution is 0.102. The number of fused-ring (bicyclic) bond motifs is 1. The molecule has 0 spiro atoms. The highest BCUT2D eigenvalue weighted by Crippen LogP contribution is 2.31. The summed E-state index contributed by atoms with van der Waals surface area (Å²) in [5, 5.41) is 3.37. The Kier molecular flexibility index (Phi) is 5.52. The molecule has 0 unspecified atom stereocenters. The smallest absolute Gasteiger partial charge is 0.259 e. The third-order valence-electron chi connectivity index (χ3n) is 5.20. The van der Waals surface area contributed by atoms with Gasteiger partial charge in [0.15, 0.2) is 5.13 Å². The second kappa shape index (κ2) is 7.98. The number of aryl methyl sites for hydroxylation is 1. The van der Waals surface area contributed by atoms with Crippen LogP contribution >= 0.6 is 11.3 Å². The highest BCUT2D eigenvalue weighted by Gasteiger charge is 2.25. The van der Waals surface area contributed by atoms with Crippen molar-refractivity contribution in [3.63, 3.8) is 0 Å². The van der Waals surface area contributed by atoms with Crippen molar-refractivity contribution in [1.82, 2.24) is 9.29 Å². The predicted molar refractivity (Wildman–Crippen MR) is 121 cm³/mol. The molecule has 7 nitrogen and oxygen atoms in total. The van der Waals surface area contributed by atoms with Crippen LogP contribution in [0.5, 0.6) is 0 Å². The monoisotopic (exact) mass is 444 g/mol. The molecule has 2 aromatic carbocycles. The van der Waals surface area contributed by atoms with E-state index in [-0.39, 0.29) is 10.8 Å². The van der Waals surface area contributed by atoms with Crippen LogP contribution in [0.3, 0.4) is 0 Å². The van der Waals surface area contributed by atoms with Crippen molar-refractivity contribution in [3.8, 4) is 0 Å². The number of nitrogens with zero attached hydrogens (tertiary/aromatic N) is 3. The summed E-state index contributed by atoms with van der Waals surface area (Å²) in [5.74, 6) is -0.358. The first-order chi connectivity index (χ1) is 14.3. The molecule has 1 amide bonds. The summed E-state index contributed by atoms with van der Waals surface area (Å²) in [5.41, 5.74) is 3.04. The Labute approximate surface area is 180 Å². The summed E-state index contributed by atoms with van der Waals surface area (Å²) in [7, 11) is -0.692. The van der Waals surface area contributed by atoms with Gasteiger partial charge >= 0.3 is 0 Å². The third kappa shape index (κ3) is 3.92. The SMILES string of the molecule is Cc1ccc2nc(NC(=O)c3cc(S(=O)(=O)N(C)C)ccc3N3CCCC3)sc2c1. The number of rotatable bonds is 5. The molecule has 3 aromatic rings. The molecule has 4 rings (SSSR count). The molecule has 0 saturated carbocycles. The number of thiazole rings is 1. The fourth-order valence-electron chi connectivity index (χ4n) is 3.55. The minimum Gasteiger partial charge on any atom is -0.371 e. The quantitative estimate of drug-likeness (QED) is 0.649. The number of carbonyl (C=O) groups is 1. The van der Waals surface area contributed by atoms with Gasteiger partial charge in [-0.2, -0.15) is 0 Å². The highest BCUT2D eigenvalue weighted by atomic mass is 32.2. The fourth-order valence-corrected chi connectivity index (χ4v) is 5.44. The zero-order chi connectivity index (χ0) is 21.5. The number of amides is 1. The van der Waals surface area contributed by atoms with Crippen molar-refractivity contribution >= 4 is 48.3 Å². The zero-order valence-electron chi connectivity index (χ0n) is 17.2. The number of aromatic nitrogens is 1. The van der Waals surface area contributed by atoms with Gasteiger partial charge in [-0.05, 0) is 55.7 Å². The molecule has 1 saturated heterocycles. The molecule has 0 aliphatic carbocycles. The van der Waals surface area contributed by atoms with Crippen molar-refractivity contribution in [2.45, 2.75) is 24.7 Å². The van der Waals surface area contributed by atoms with Crippen molar-refractivity contribution in [3.05, 3.63) is 47.5 Å². The first kappa shape index (κ1) is 20.8. The van der Waals surface area contributed by atoms with Gasteiger partial charge in [-0.3, -0.25) is 10.1 Å². The second-order valence-electron chi connectivity index (χ2n) is 7.60. The van der Waals surface area contributed by atoms with Crippen molar-refractivity contribution in [2.24, 2.45) is 0 Å². The zero-order valence-corrected chi connectivity index (χ0v) is 18.8. The molecule has 2 heterocycles. The standard InChI is InChI=1S/C21H24N4O3S2/c1-14-6-8-17-19(12-14)29-21(22-17)23-20(26)16-13-15(30(27,28)24(2)3)7-9-18(16)25-10-4-5-11-25/h6-9,12-13H,4-5,10-11H2,1-3H3,(H,22,23,26). The van der Waals surface area contributed by atoms with Gasteiger partial charge < -0.3 is 4.90 Å². The summed E-state index contributed by atoms with van der Waals surface area (Å²) in [6, 6.07) is 10.7. The fraction of sp³-hybridized carbons (Fsp3) is 0.333. The third-order valence-corrected chi connectivity index (χ3v) is 7.95. The molecule has 1 aliphatic rings. The van der Waals surface area contributed by atoms with Crippen LogP contribution in [0.4, 0.5) is 10.8 Å². The molecule has 1 N–H and O–H groups in total. The Balaban J connectivity index is 1.72. The van der Waals surface area contributed by atoms with Gasteiger partial charge in [0.25, 0.3) is 5.91 Å². The number of hydrogen-bond donors (Lipinski definition) is 1. The van der Waals surface area contributed by atoms with Gasteiger partial charge in [-0.15, -0.1) is 0 Å². The van der Waals surface area contributed by atoms with E-state index in [0.717, 1.165) is 51.7 Å². The maximum absolute atomic E-state index is 13.2. The maximum atomic E-state index is 13.2. The molecular weight excluding hydrogens is 420 g/mol. The van der Waals surface area contributed by atoms with Gasteiger partial charge in [-0.1, -0.05) is 17.4 Å². The molecule has 0 radical (unpaired) electrons. The van der Waals surface area contributed by atoms with Crippen LogP contribution in [0.15, 0.2) is 41.3 Å². The molecule has 30 heavy (non-hydrogen) atoms. The minimum atomic E-state index is -3.65. The van der Waals surface area contributed by atoms with E-state index in [2.05, 4.69) is 15.2 Å². The molecule has 158 valence electrons. The van der Waals surface area contributed by atoms with E-state index in [0.29, 0.717) is 10.7 Å². The Morgan fingerprint density at radius 3 is 2.57 bits per heavy atom. The average molecular weight is 445 g/mol. The molecule has 9 heteroatoms. The van der Waals surface area contributed by atoms with E-state index in [1.807, 2.05) is 25.1 Å². The Hall–Kier alpha value is -2.49. The van der Waals surface area contributed by atoms with Gasteiger partial charge in [0, 0.05) is 32.9 Å². The van der Waals surface area contributed by atoms with E-state index in [4.69, 9.17) is 0 Å². The normalized spacial score (nSPS) is 14.6. The number of nitrogens with one attached hydrogen (secondary N) is 1. The first-order valence-corrected chi connectivity index (χ1v) is 12.0. The topological polar surface area (TPSA) is 82.6 Å². The second-order valence-corrected chi connectivity index (χ2v) is 10.8. The summed E-state index contributed by atoms with van der Waals surface area (Å²) in [4.78, 5) is 19.9. The van der Waals surface area contributed by atoms with Crippen molar-refractivity contribution < 1.29 is 13.2 Å². The lowest BCUT2D eigenvalue weighted by atomic mass is 10.1. The Morgan fingerprint density at radius 2 is 1.87 bits per heavy atom. The van der Waals surface area contributed by atoms with E-state index in [9.17, 15) is 13.2 Å². The number of sulfonamides is 1. The summed E-state index contributed by atoms with van der Waals surface area (Å²) >= 11 is 1.40. The number of carbonyl (C=O) groups excluding carboxylic acids is 1. The number of benzene rings is 2. The molecular formula is C21H24N4O3S2. The van der Waals surface area contributed by atoms with Crippen LogP contribution in [0.2, 0.25) is 0 Å². The van der Waals surface area contributed by atoms with Crippen LogP contribution in [-0.4, -0.2) is 50.8 Å². The highest BCUT2D eigenvalue weighted by molar-refractivity contribution is 7.89. The largest absolute Gasteiger partial charge is 0.371 e. The summed E-state index contributed by atoms with van der Waals surface area (Å²) in [6.07, 6.45) is 2.10. The summed E-state index contributed by atoms with van der Waals surface area (Å²) < 4.78 is 27.4. The number of hydrogen-bond acceptors (Lipinski definition) is 6. The van der Waals surface area contributed by atoms with Gasteiger partial charge in [0.1, 0.15) is 0 Å². The lowest BCUT2D eigenvalue weighted by Gasteiger charge is -2.22. The van der Waals surface area contributed by atoms with Gasteiger partial charge in [0.05, 0.1) is 20.7 Å². The average Bonchev–Trinajstić information content (AvgIpc) is 3.36. The molecule has 1 fully saturated rings. The maximum Gasteiger partial charge on any atom is 0.259 e. The van der Waals surface area contributed by atoms with E-state index in [1.165, 1.54) is 31.5 Å². The van der Waals surface area contributed by atoms with Gasteiger partial charge in [-0.25, -0.2) is 17.7 Å². The van der Waals surface area contributed by atoms with Crippen LogP contribution in [0.25, 0.3) is 10.2 Å². The minimum absolute atomic E-state index is 0.0977. The van der Waals surface area contributed by atoms with Crippen LogP contribution in [0.1, 0.15) is 28.8 Å². The summed E-state index contributed by atoms with van der Waals surface area (Å²) in [6.45, 7) is 3.71. The van der Waals surface area contributed by atoms with Crippen LogP contribution < -0.4 is 10.2 Å². The van der Waals surface area contributed by atoms with Crippen LogP contribution in [-0.2, 0) is 10.0 Å². The van der Waals surface area contributed by atoms with E-state index >= 15 is 0 Å².